The van der Waals surface area contributed by atoms with Crippen molar-refractivity contribution >= 4 is 87.2 Å². The lowest BCUT2D eigenvalue weighted by Crippen LogP contribution is -1.94. The van der Waals surface area contributed by atoms with E-state index in [9.17, 15) is 0 Å². The highest BCUT2D eigenvalue weighted by atomic mass is 16.3. The Morgan fingerprint density at radius 3 is 1.81 bits per heavy atom. The molecule has 0 unspecified atom stereocenters. The molecule has 0 radical (unpaired) electrons. The fourth-order valence-corrected chi connectivity index (χ4v) is 7.70. The molecule has 0 aliphatic heterocycles. The molecule has 0 saturated carbocycles. The standard InChI is InChI=1S/C44H24N2O2/c1-2-11-26-23-36(37-24-45-41-29-14-5-3-12-27(29)28-13-4-6-15-30(28)42(41)46-37)35(22-25(26)10-1)32-18-9-17-31-33-20-21-39-40(44(33)48-43(31)32)34-16-7-8-19-38(34)47-39/h1-24H. The van der Waals surface area contributed by atoms with Crippen molar-refractivity contribution < 1.29 is 8.83 Å². The number of hydrogen-bond acceptors (Lipinski definition) is 4. The zero-order valence-electron chi connectivity index (χ0n) is 25.6. The number of para-hydroxylation sites is 2. The number of aromatic nitrogens is 2. The highest BCUT2D eigenvalue weighted by molar-refractivity contribution is 6.24. The first-order valence-electron chi connectivity index (χ1n) is 16.2. The van der Waals surface area contributed by atoms with E-state index in [1.807, 2.05) is 24.4 Å². The molecule has 4 heteroatoms. The molecule has 222 valence electrons. The fraction of sp³-hybridized carbons (Fsp3) is 0. The summed E-state index contributed by atoms with van der Waals surface area (Å²) in [5.74, 6) is 0. The van der Waals surface area contributed by atoms with Gasteiger partial charge >= 0.3 is 0 Å². The number of nitrogens with zero attached hydrogens (tertiary/aromatic N) is 2. The summed E-state index contributed by atoms with van der Waals surface area (Å²) in [4.78, 5) is 10.5. The number of furan rings is 2. The Hall–Kier alpha value is -6.52. The van der Waals surface area contributed by atoms with Crippen molar-refractivity contribution in [1.82, 2.24) is 9.97 Å². The van der Waals surface area contributed by atoms with Gasteiger partial charge in [-0.05, 0) is 57.4 Å². The topological polar surface area (TPSA) is 52.1 Å². The molecule has 11 aromatic rings. The van der Waals surface area contributed by atoms with Gasteiger partial charge < -0.3 is 8.83 Å². The van der Waals surface area contributed by atoms with Crippen molar-refractivity contribution in [2.45, 2.75) is 0 Å². The van der Waals surface area contributed by atoms with Crippen LogP contribution in [0.5, 0.6) is 0 Å². The van der Waals surface area contributed by atoms with Gasteiger partial charge in [0.15, 0.2) is 0 Å². The van der Waals surface area contributed by atoms with Gasteiger partial charge in [0.25, 0.3) is 0 Å². The van der Waals surface area contributed by atoms with Crippen LogP contribution in [0.15, 0.2) is 155 Å². The van der Waals surface area contributed by atoms with Crippen LogP contribution in [-0.2, 0) is 0 Å². The van der Waals surface area contributed by atoms with Gasteiger partial charge in [-0.3, -0.25) is 4.98 Å². The Kier molecular flexibility index (Phi) is 5.08. The number of rotatable bonds is 2. The average Bonchev–Trinajstić information content (AvgIpc) is 3.73. The number of fused-ring (bicyclic) bond motifs is 14. The lowest BCUT2D eigenvalue weighted by molar-refractivity contribution is 0.663. The van der Waals surface area contributed by atoms with Crippen molar-refractivity contribution in [3.05, 3.63) is 146 Å². The Bertz CT molecular complexity index is 3100. The molecule has 0 fully saturated rings. The number of benzene rings is 8. The van der Waals surface area contributed by atoms with Gasteiger partial charge in [-0.25, -0.2) is 4.98 Å². The van der Waals surface area contributed by atoms with Crippen LogP contribution in [-0.4, -0.2) is 9.97 Å². The minimum absolute atomic E-state index is 0.819. The van der Waals surface area contributed by atoms with Gasteiger partial charge in [0.1, 0.15) is 22.3 Å². The van der Waals surface area contributed by atoms with E-state index < -0.39 is 0 Å². The lowest BCUT2D eigenvalue weighted by atomic mass is 9.92. The fourth-order valence-electron chi connectivity index (χ4n) is 7.70. The quantitative estimate of drug-likeness (QED) is 0.182. The molecule has 0 N–H and O–H groups in total. The molecule has 8 aromatic carbocycles. The van der Waals surface area contributed by atoms with E-state index in [1.165, 1.54) is 10.8 Å². The molecule has 0 aliphatic rings. The third-order valence-corrected chi connectivity index (χ3v) is 9.88. The zero-order chi connectivity index (χ0) is 31.3. The van der Waals surface area contributed by atoms with Crippen LogP contribution in [0.25, 0.3) is 110 Å². The summed E-state index contributed by atoms with van der Waals surface area (Å²) in [7, 11) is 0. The van der Waals surface area contributed by atoms with E-state index in [0.717, 1.165) is 98.8 Å². The molecule has 0 bridgehead atoms. The van der Waals surface area contributed by atoms with Crippen molar-refractivity contribution in [3.8, 4) is 22.4 Å². The highest BCUT2D eigenvalue weighted by Gasteiger charge is 2.21. The second kappa shape index (κ2) is 9.50. The van der Waals surface area contributed by atoms with Gasteiger partial charge in [-0.15, -0.1) is 0 Å². The predicted octanol–water partition coefficient (Wildman–Crippen LogP) is 12.2. The van der Waals surface area contributed by atoms with Gasteiger partial charge in [0.05, 0.1) is 28.3 Å². The lowest BCUT2D eigenvalue weighted by Gasteiger charge is -2.14. The smallest absolute Gasteiger partial charge is 0.147 e. The van der Waals surface area contributed by atoms with Gasteiger partial charge in [-0.1, -0.05) is 109 Å². The summed E-state index contributed by atoms with van der Waals surface area (Å²) < 4.78 is 13.1. The third kappa shape index (κ3) is 3.49. The maximum atomic E-state index is 6.90. The first kappa shape index (κ1) is 25.6. The summed E-state index contributed by atoms with van der Waals surface area (Å²) in [5.41, 5.74) is 9.05. The summed E-state index contributed by atoms with van der Waals surface area (Å²) in [6.45, 7) is 0. The summed E-state index contributed by atoms with van der Waals surface area (Å²) in [6.07, 6.45) is 1.93. The van der Waals surface area contributed by atoms with Crippen molar-refractivity contribution in [2.75, 3.05) is 0 Å². The molecule has 0 atom stereocenters. The second-order valence-electron chi connectivity index (χ2n) is 12.5. The SMILES string of the molecule is c1ccc2cc(-c3cccc4c3oc3c4ccc4oc5ccccc5c43)c(-c3cnc4c5ccccc5c5ccccc5c4n3)cc2c1. The predicted molar refractivity (Wildman–Crippen MR) is 197 cm³/mol. The van der Waals surface area contributed by atoms with E-state index >= 15 is 0 Å². The van der Waals surface area contributed by atoms with Crippen LogP contribution >= 0.6 is 0 Å². The Morgan fingerprint density at radius 2 is 1.02 bits per heavy atom. The molecular formula is C44H24N2O2. The highest BCUT2D eigenvalue weighted by Crippen LogP contribution is 2.45. The van der Waals surface area contributed by atoms with E-state index in [-0.39, 0.29) is 0 Å². The monoisotopic (exact) mass is 612 g/mol. The van der Waals surface area contributed by atoms with Crippen LogP contribution in [0, 0.1) is 0 Å². The maximum absolute atomic E-state index is 6.90. The van der Waals surface area contributed by atoms with Gasteiger partial charge in [0, 0.05) is 38.1 Å². The van der Waals surface area contributed by atoms with Crippen LogP contribution in [0.1, 0.15) is 0 Å². The molecule has 48 heavy (non-hydrogen) atoms. The summed E-state index contributed by atoms with van der Waals surface area (Å²) in [6, 6.07) is 48.7. The van der Waals surface area contributed by atoms with Gasteiger partial charge in [0.2, 0.25) is 0 Å². The second-order valence-corrected chi connectivity index (χ2v) is 12.5. The minimum atomic E-state index is 0.819. The Morgan fingerprint density at radius 1 is 0.396 bits per heavy atom. The van der Waals surface area contributed by atoms with Crippen LogP contribution in [0.4, 0.5) is 0 Å². The molecule has 0 amide bonds. The minimum Gasteiger partial charge on any atom is -0.456 e. The molecule has 3 aromatic heterocycles. The van der Waals surface area contributed by atoms with Crippen molar-refractivity contribution in [3.63, 3.8) is 0 Å². The summed E-state index contributed by atoms with van der Waals surface area (Å²) in [5, 5.41) is 11.0. The van der Waals surface area contributed by atoms with Crippen molar-refractivity contribution in [1.29, 1.82) is 0 Å². The summed E-state index contributed by atoms with van der Waals surface area (Å²) >= 11 is 0. The first-order valence-corrected chi connectivity index (χ1v) is 16.2. The first-order chi connectivity index (χ1) is 23.8. The average molecular weight is 613 g/mol. The molecule has 11 rings (SSSR count). The van der Waals surface area contributed by atoms with E-state index in [2.05, 4.69) is 121 Å². The van der Waals surface area contributed by atoms with Crippen molar-refractivity contribution in [2.24, 2.45) is 0 Å². The zero-order valence-corrected chi connectivity index (χ0v) is 25.6. The molecule has 0 spiro atoms. The molecular weight excluding hydrogens is 588 g/mol. The molecule has 0 aliphatic carbocycles. The largest absolute Gasteiger partial charge is 0.456 e. The van der Waals surface area contributed by atoms with E-state index in [0.29, 0.717) is 0 Å². The maximum Gasteiger partial charge on any atom is 0.147 e. The Labute approximate surface area is 273 Å². The Balaban J connectivity index is 1.23. The molecule has 0 saturated heterocycles. The van der Waals surface area contributed by atoms with E-state index in [4.69, 9.17) is 18.8 Å². The normalized spacial score (nSPS) is 12.2. The van der Waals surface area contributed by atoms with Crippen LogP contribution < -0.4 is 0 Å². The van der Waals surface area contributed by atoms with Crippen LogP contribution in [0.2, 0.25) is 0 Å². The van der Waals surface area contributed by atoms with E-state index in [1.54, 1.807) is 0 Å². The number of hydrogen-bond donors (Lipinski definition) is 0. The van der Waals surface area contributed by atoms with Crippen LogP contribution in [0.3, 0.4) is 0 Å². The molecule has 3 heterocycles. The van der Waals surface area contributed by atoms with Gasteiger partial charge in [-0.2, -0.15) is 0 Å². The molecule has 4 nitrogen and oxygen atoms in total. The third-order valence-electron chi connectivity index (χ3n) is 9.88.